The predicted molar refractivity (Wildman–Crippen MR) is 99.4 cm³/mol. The molecular formula is C17H16BrN5O3. The van der Waals surface area contributed by atoms with Crippen LogP contribution in [-0.4, -0.2) is 26.3 Å². The van der Waals surface area contributed by atoms with E-state index in [-0.39, 0.29) is 24.3 Å². The highest BCUT2D eigenvalue weighted by molar-refractivity contribution is 9.10. The van der Waals surface area contributed by atoms with Crippen molar-refractivity contribution in [3.8, 4) is 0 Å². The van der Waals surface area contributed by atoms with E-state index in [2.05, 4.69) is 36.7 Å². The molecule has 0 radical (unpaired) electrons. The van der Waals surface area contributed by atoms with Gasteiger partial charge in [-0.05, 0) is 34.1 Å². The van der Waals surface area contributed by atoms with Gasteiger partial charge >= 0.3 is 0 Å². The molecule has 3 N–H and O–H groups in total. The van der Waals surface area contributed by atoms with E-state index >= 15 is 0 Å². The van der Waals surface area contributed by atoms with Crippen molar-refractivity contribution in [3.63, 3.8) is 0 Å². The van der Waals surface area contributed by atoms with Crippen molar-refractivity contribution in [2.45, 2.75) is 12.8 Å². The van der Waals surface area contributed by atoms with Gasteiger partial charge in [0.1, 0.15) is 11.5 Å². The number of nitrogens with zero attached hydrogens (tertiary/aromatic N) is 2. The Hall–Kier alpha value is -2.94. The molecule has 2 amide bonds. The van der Waals surface area contributed by atoms with Crippen molar-refractivity contribution in [2.24, 2.45) is 7.05 Å². The van der Waals surface area contributed by atoms with Crippen molar-refractivity contribution in [2.75, 3.05) is 0 Å². The van der Waals surface area contributed by atoms with Crippen molar-refractivity contribution in [3.05, 3.63) is 62.9 Å². The number of halogens is 1. The maximum absolute atomic E-state index is 12.0. The zero-order chi connectivity index (χ0) is 18.7. The Morgan fingerprint density at radius 1 is 1.27 bits per heavy atom. The SMILES string of the molecule is Cn1cc(Br)cc1C(=O)NNC(=O)CCc1nc2ccccc2c(=O)[nH]1. The molecule has 0 aliphatic heterocycles. The third kappa shape index (κ3) is 3.99. The fraction of sp³-hybridized carbons (Fsp3) is 0.176. The van der Waals surface area contributed by atoms with Crippen LogP contribution in [0.5, 0.6) is 0 Å². The second kappa shape index (κ2) is 7.52. The lowest BCUT2D eigenvalue weighted by molar-refractivity contribution is -0.121. The second-order valence-electron chi connectivity index (χ2n) is 5.69. The largest absolute Gasteiger partial charge is 0.345 e. The van der Waals surface area contributed by atoms with Crippen LogP contribution >= 0.6 is 15.9 Å². The van der Waals surface area contributed by atoms with Gasteiger partial charge in [0.15, 0.2) is 0 Å². The summed E-state index contributed by atoms with van der Waals surface area (Å²) in [5, 5.41) is 0.502. The van der Waals surface area contributed by atoms with Crippen molar-refractivity contribution in [1.29, 1.82) is 0 Å². The van der Waals surface area contributed by atoms with Gasteiger partial charge in [-0.1, -0.05) is 12.1 Å². The summed E-state index contributed by atoms with van der Waals surface area (Å²) >= 11 is 3.28. The summed E-state index contributed by atoms with van der Waals surface area (Å²) in [6.45, 7) is 0. The van der Waals surface area contributed by atoms with Crippen LogP contribution in [0.2, 0.25) is 0 Å². The number of fused-ring (bicyclic) bond motifs is 1. The zero-order valence-corrected chi connectivity index (χ0v) is 15.5. The predicted octanol–water partition coefficient (Wildman–Crippen LogP) is 1.42. The molecule has 0 atom stereocenters. The summed E-state index contributed by atoms with van der Waals surface area (Å²) in [6.07, 6.45) is 2.05. The number of carbonyl (C=O) groups is 2. The zero-order valence-electron chi connectivity index (χ0n) is 13.9. The van der Waals surface area contributed by atoms with Crippen molar-refractivity contribution >= 4 is 38.6 Å². The first-order valence-electron chi connectivity index (χ1n) is 7.83. The third-order valence-electron chi connectivity index (χ3n) is 3.77. The van der Waals surface area contributed by atoms with E-state index in [4.69, 9.17) is 0 Å². The first-order chi connectivity index (χ1) is 12.4. The molecule has 2 aromatic heterocycles. The first kappa shape index (κ1) is 17.9. The van der Waals surface area contributed by atoms with Gasteiger partial charge in [-0.2, -0.15) is 0 Å². The standard InChI is InChI=1S/C17H16BrN5O3/c1-23-9-10(18)8-13(23)17(26)22-21-15(24)7-6-14-19-12-5-3-2-4-11(12)16(25)20-14/h2-5,8-9H,6-7H2,1H3,(H,21,24)(H,22,26)(H,19,20,25). The molecule has 0 spiro atoms. The summed E-state index contributed by atoms with van der Waals surface area (Å²) in [7, 11) is 1.73. The van der Waals surface area contributed by atoms with Gasteiger partial charge in [0.2, 0.25) is 5.91 Å². The molecule has 8 nitrogen and oxygen atoms in total. The molecule has 0 aliphatic carbocycles. The van der Waals surface area contributed by atoms with Gasteiger partial charge in [0, 0.05) is 30.6 Å². The molecule has 0 unspecified atom stereocenters. The molecule has 1 aromatic carbocycles. The molecule has 0 saturated carbocycles. The lowest BCUT2D eigenvalue weighted by atomic mass is 10.2. The van der Waals surface area contributed by atoms with Crippen LogP contribution in [-0.2, 0) is 18.3 Å². The number of hydrogen-bond acceptors (Lipinski definition) is 4. The van der Waals surface area contributed by atoms with E-state index in [0.717, 1.165) is 4.47 Å². The quantitative estimate of drug-likeness (QED) is 0.557. The molecule has 0 bridgehead atoms. The number of aromatic amines is 1. The molecule has 3 aromatic rings. The summed E-state index contributed by atoms with van der Waals surface area (Å²) in [5.74, 6) is -0.396. The molecular weight excluding hydrogens is 402 g/mol. The Kier molecular flexibility index (Phi) is 5.17. The minimum absolute atomic E-state index is 0.0678. The average molecular weight is 418 g/mol. The first-order valence-corrected chi connectivity index (χ1v) is 8.62. The highest BCUT2D eigenvalue weighted by atomic mass is 79.9. The molecule has 0 saturated heterocycles. The number of hydrogen-bond donors (Lipinski definition) is 3. The highest BCUT2D eigenvalue weighted by Gasteiger charge is 2.12. The molecule has 134 valence electrons. The Bertz CT molecular complexity index is 1040. The number of benzene rings is 1. The average Bonchev–Trinajstić information content (AvgIpc) is 2.96. The smallest absolute Gasteiger partial charge is 0.286 e. The fourth-order valence-electron chi connectivity index (χ4n) is 2.49. The van der Waals surface area contributed by atoms with Gasteiger partial charge in [0.25, 0.3) is 11.5 Å². The van der Waals surface area contributed by atoms with Gasteiger partial charge in [0.05, 0.1) is 10.9 Å². The number of aryl methyl sites for hydroxylation is 2. The van der Waals surface area contributed by atoms with Crippen LogP contribution in [0, 0.1) is 0 Å². The normalized spacial score (nSPS) is 10.7. The van der Waals surface area contributed by atoms with Crippen LogP contribution in [0.4, 0.5) is 0 Å². The molecule has 3 rings (SSSR count). The molecule has 2 heterocycles. The molecule has 26 heavy (non-hydrogen) atoms. The minimum atomic E-state index is -0.427. The number of para-hydroxylation sites is 1. The number of carbonyl (C=O) groups excluding carboxylic acids is 2. The monoisotopic (exact) mass is 417 g/mol. The number of aromatic nitrogens is 3. The summed E-state index contributed by atoms with van der Waals surface area (Å²) in [4.78, 5) is 42.9. The number of hydrazine groups is 1. The van der Waals surface area contributed by atoms with Crippen LogP contribution in [0.15, 0.2) is 45.8 Å². The van der Waals surface area contributed by atoms with Crippen molar-refractivity contribution < 1.29 is 9.59 Å². The minimum Gasteiger partial charge on any atom is -0.345 e. The summed E-state index contributed by atoms with van der Waals surface area (Å²) in [5.41, 5.74) is 5.45. The lowest BCUT2D eigenvalue weighted by Gasteiger charge is -2.08. The number of H-pyrrole nitrogens is 1. The summed E-state index contributed by atoms with van der Waals surface area (Å²) < 4.78 is 2.40. The van der Waals surface area contributed by atoms with E-state index in [9.17, 15) is 14.4 Å². The Morgan fingerprint density at radius 2 is 2.04 bits per heavy atom. The Morgan fingerprint density at radius 3 is 2.77 bits per heavy atom. The lowest BCUT2D eigenvalue weighted by Crippen LogP contribution is -2.42. The Balaban J connectivity index is 1.57. The maximum Gasteiger partial charge on any atom is 0.286 e. The van der Waals surface area contributed by atoms with E-state index in [1.807, 2.05) is 0 Å². The van der Waals surface area contributed by atoms with Gasteiger partial charge < -0.3 is 9.55 Å². The van der Waals surface area contributed by atoms with Crippen LogP contribution in [0.25, 0.3) is 10.9 Å². The van der Waals surface area contributed by atoms with Crippen LogP contribution in [0.1, 0.15) is 22.7 Å². The van der Waals surface area contributed by atoms with Gasteiger partial charge in [-0.15, -0.1) is 0 Å². The highest BCUT2D eigenvalue weighted by Crippen LogP contribution is 2.13. The van der Waals surface area contributed by atoms with Crippen LogP contribution in [0.3, 0.4) is 0 Å². The van der Waals surface area contributed by atoms with Crippen molar-refractivity contribution in [1.82, 2.24) is 25.4 Å². The fourth-order valence-corrected chi connectivity index (χ4v) is 3.01. The molecule has 0 aliphatic rings. The second-order valence-corrected chi connectivity index (χ2v) is 6.60. The van der Waals surface area contributed by atoms with E-state index in [1.54, 1.807) is 48.1 Å². The third-order valence-corrected chi connectivity index (χ3v) is 4.20. The van der Waals surface area contributed by atoms with E-state index in [1.165, 1.54) is 0 Å². The summed E-state index contributed by atoms with van der Waals surface area (Å²) in [6, 6.07) is 8.63. The van der Waals surface area contributed by atoms with Gasteiger partial charge in [-0.3, -0.25) is 25.2 Å². The van der Waals surface area contributed by atoms with E-state index < -0.39 is 5.91 Å². The van der Waals surface area contributed by atoms with E-state index in [0.29, 0.717) is 22.4 Å². The Labute approximate surface area is 156 Å². The number of rotatable bonds is 4. The topological polar surface area (TPSA) is 109 Å². The molecule has 9 heteroatoms. The number of nitrogens with one attached hydrogen (secondary N) is 3. The van der Waals surface area contributed by atoms with Crippen LogP contribution < -0.4 is 16.4 Å². The van der Waals surface area contributed by atoms with Gasteiger partial charge in [-0.25, -0.2) is 4.98 Å². The number of amides is 2. The molecule has 0 fully saturated rings. The maximum atomic E-state index is 12.0.